The van der Waals surface area contributed by atoms with Gasteiger partial charge in [-0.25, -0.2) is 0 Å². The molecule has 3 heteroatoms. The molecule has 2 fully saturated rings. The highest BCUT2D eigenvalue weighted by Crippen LogP contribution is 2.34. The van der Waals surface area contributed by atoms with Gasteiger partial charge in [0.1, 0.15) is 5.75 Å². The number of anilines is 1. The molecule has 0 bridgehead atoms. The predicted octanol–water partition coefficient (Wildman–Crippen LogP) is 2.52. The lowest BCUT2D eigenvalue weighted by Crippen LogP contribution is -2.26. The molecule has 1 aliphatic carbocycles. The summed E-state index contributed by atoms with van der Waals surface area (Å²) in [7, 11) is 0. The van der Waals surface area contributed by atoms with Gasteiger partial charge in [0.2, 0.25) is 0 Å². The highest BCUT2D eigenvalue weighted by molar-refractivity contribution is 5.54. The molecule has 0 aromatic heterocycles. The first kappa shape index (κ1) is 11.8. The molecular formula is C15H22N2O. The molecule has 1 aromatic carbocycles. The minimum Gasteiger partial charge on any atom is -0.491 e. The van der Waals surface area contributed by atoms with Crippen molar-refractivity contribution >= 4 is 5.69 Å². The van der Waals surface area contributed by atoms with Crippen LogP contribution in [0.15, 0.2) is 18.2 Å². The Morgan fingerprint density at radius 2 is 1.94 bits per heavy atom. The van der Waals surface area contributed by atoms with Crippen molar-refractivity contribution in [1.29, 1.82) is 0 Å². The molecule has 1 saturated heterocycles. The highest BCUT2D eigenvalue weighted by atomic mass is 16.5. The van der Waals surface area contributed by atoms with E-state index in [-0.39, 0.29) is 0 Å². The molecular weight excluding hydrogens is 224 g/mol. The Balaban J connectivity index is 1.71. The average molecular weight is 246 g/mol. The topological polar surface area (TPSA) is 47.3 Å². The third kappa shape index (κ3) is 2.78. The standard InChI is InChI=1S/C15H22N2O/c16-14-4-3-13(12-5-7-17-8-6-12)9-15(14)18-10-11-1-2-11/h3-4,9,11-12,17H,1-2,5-8,10,16H2. The summed E-state index contributed by atoms with van der Waals surface area (Å²) < 4.78 is 5.85. The number of rotatable bonds is 4. The van der Waals surface area contributed by atoms with E-state index in [0.29, 0.717) is 5.92 Å². The molecule has 0 radical (unpaired) electrons. The molecule has 1 aromatic rings. The first-order valence-corrected chi connectivity index (χ1v) is 7.06. The maximum Gasteiger partial charge on any atom is 0.142 e. The molecule has 1 saturated carbocycles. The van der Waals surface area contributed by atoms with E-state index in [2.05, 4.69) is 17.4 Å². The van der Waals surface area contributed by atoms with Crippen LogP contribution in [0.1, 0.15) is 37.2 Å². The monoisotopic (exact) mass is 246 g/mol. The average Bonchev–Trinajstić information content (AvgIpc) is 3.23. The van der Waals surface area contributed by atoms with Crippen LogP contribution in [0.2, 0.25) is 0 Å². The lowest BCUT2D eigenvalue weighted by Gasteiger charge is -2.23. The Hall–Kier alpha value is -1.22. The van der Waals surface area contributed by atoms with Gasteiger partial charge in [0.05, 0.1) is 12.3 Å². The lowest BCUT2D eigenvalue weighted by molar-refractivity contribution is 0.300. The van der Waals surface area contributed by atoms with E-state index < -0.39 is 0 Å². The van der Waals surface area contributed by atoms with E-state index in [1.165, 1.54) is 31.2 Å². The summed E-state index contributed by atoms with van der Waals surface area (Å²) in [5.74, 6) is 2.32. The number of nitrogens with two attached hydrogens (primary N) is 1. The van der Waals surface area contributed by atoms with Crippen molar-refractivity contribution in [2.24, 2.45) is 5.92 Å². The fourth-order valence-corrected chi connectivity index (χ4v) is 2.58. The zero-order chi connectivity index (χ0) is 12.4. The van der Waals surface area contributed by atoms with Crippen molar-refractivity contribution in [2.45, 2.75) is 31.6 Å². The summed E-state index contributed by atoms with van der Waals surface area (Å²) in [5, 5.41) is 3.40. The van der Waals surface area contributed by atoms with E-state index >= 15 is 0 Å². The molecule has 98 valence electrons. The van der Waals surface area contributed by atoms with Crippen LogP contribution in [0, 0.1) is 5.92 Å². The van der Waals surface area contributed by atoms with Crippen LogP contribution >= 0.6 is 0 Å². The SMILES string of the molecule is Nc1ccc(C2CCNCC2)cc1OCC1CC1. The van der Waals surface area contributed by atoms with Crippen molar-refractivity contribution in [3.05, 3.63) is 23.8 Å². The summed E-state index contributed by atoms with van der Waals surface area (Å²) in [4.78, 5) is 0. The molecule has 0 amide bonds. The number of ether oxygens (including phenoxy) is 1. The zero-order valence-corrected chi connectivity index (χ0v) is 10.8. The Bertz CT molecular complexity index is 409. The highest BCUT2D eigenvalue weighted by Gasteiger charge is 2.22. The number of hydrogen-bond donors (Lipinski definition) is 2. The molecule has 0 unspecified atom stereocenters. The molecule has 18 heavy (non-hydrogen) atoms. The minimum absolute atomic E-state index is 0.662. The van der Waals surface area contributed by atoms with Crippen LogP contribution in [0.3, 0.4) is 0 Å². The first-order valence-electron chi connectivity index (χ1n) is 7.06. The van der Waals surface area contributed by atoms with Crippen LogP contribution in [0.4, 0.5) is 5.69 Å². The molecule has 2 aliphatic rings. The largest absolute Gasteiger partial charge is 0.491 e. The van der Waals surface area contributed by atoms with Gasteiger partial charge in [-0.2, -0.15) is 0 Å². The van der Waals surface area contributed by atoms with Crippen molar-refractivity contribution in [1.82, 2.24) is 5.32 Å². The third-order valence-electron chi connectivity index (χ3n) is 4.02. The molecule has 1 aliphatic heterocycles. The van der Waals surface area contributed by atoms with E-state index in [0.717, 1.165) is 37.1 Å². The van der Waals surface area contributed by atoms with E-state index in [9.17, 15) is 0 Å². The van der Waals surface area contributed by atoms with Gasteiger partial charge in [-0.3, -0.25) is 0 Å². The fourth-order valence-electron chi connectivity index (χ4n) is 2.58. The summed E-state index contributed by atoms with van der Waals surface area (Å²) in [6.45, 7) is 3.07. The number of hydrogen-bond acceptors (Lipinski definition) is 3. The maximum absolute atomic E-state index is 5.99. The van der Waals surface area contributed by atoms with Crippen LogP contribution in [0.25, 0.3) is 0 Å². The smallest absolute Gasteiger partial charge is 0.142 e. The second-order valence-electron chi connectivity index (χ2n) is 5.58. The lowest BCUT2D eigenvalue weighted by atomic mass is 9.90. The van der Waals surface area contributed by atoms with Gasteiger partial charge in [0.25, 0.3) is 0 Å². The molecule has 0 atom stereocenters. The molecule has 3 N–H and O–H groups in total. The number of benzene rings is 1. The minimum atomic E-state index is 0.662. The Kier molecular flexibility index (Phi) is 3.41. The first-order chi connectivity index (χ1) is 8.83. The van der Waals surface area contributed by atoms with Crippen molar-refractivity contribution in [2.75, 3.05) is 25.4 Å². The molecule has 3 rings (SSSR count). The van der Waals surface area contributed by atoms with Crippen molar-refractivity contribution in [3.8, 4) is 5.75 Å². The fraction of sp³-hybridized carbons (Fsp3) is 0.600. The quantitative estimate of drug-likeness (QED) is 0.803. The van der Waals surface area contributed by atoms with Gasteiger partial charge in [0.15, 0.2) is 0 Å². The second kappa shape index (κ2) is 5.19. The van der Waals surface area contributed by atoms with Crippen LogP contribution < -0.4 is 15.8 Å². The Labute approximate surface area is 109 Å². The second-order valence-corrected chi connectivity index (χ2v) is 5.58. The van der Waals surface area contributed by atoms with Gasteiger partial charge in [-0.1, -0.05) is 6.07 Å². The number of nitrogens with one attached hydrogen (secondary N) is 1. The summed E-state index contributed by atoms with van der Waals surface area (Å²) in [6.07, 6.45) is 5.06. The Morgan fingerprint density at radius 3 is 2.67 bits per heavy atom. The molecule has 1 heterocycles. The summed E-state index contributed by atoms with van der Waals surface area (Å²) >= 11 is 0. The van der Waals surface area contributed by atoms with Crippen LogP contribution in [-0.2, 0) is 0 Å². The van der Waals surface area contributed by atoms with Gasteiger partial charge in [-0.05, 0) is 68.3 Å². The van der Waals surface area contributed by atoms with Gasteiger partial charge >= 0.3 is 0 Å². The van der Waals surface area contributed by atoms with E-state index in [1.54, 1.807) is 0 Å². The molecule has 0 spiro atoms. The third-order valence-corrected chi connectivity index (χ3v) is 4.02. The Morgan fingerprint density at radius 1 is 1.17 bits per heavy atom. The van der Waals surface area contributed by atoms with Gasteiger partial charge < -0.3 is 15.8 Å². The van der Waals surface area contributed by atoms with Crippen molar-refractivity contribution in [3.63, 3.8) is 0 Å². The summed E-state index contributed by atoms with van der Waals surface area (Å²) in [6, 6.07) is 6.32. The van der Waals surface area contributed by atoms with Gasteiger partial charge in [0, 0.05) is 0 Å². The van der Waals surface area contributed by atoms with Gasteiger partial charge in [-0.15, -0.1) is 0 Å². The predicted molar refractivity (Wildman–Crippen MR) is 73.9 cm³/mol. The maximum atomic E-state index is 5.99. The van der Waals surface area contributed by atoms with Crippen molar-refractivity contribution < 1.29 is 4.74 Å². The zero-order valence-electron chi connectivity index (χ0n) is 10.8. The normalized spacial score (nSPS) is 20.9. The number of piperidine rings is 1. The van der Waals surface area contributed by atoms with Crippen LogP contribution in [0.5, 0.6) is 5.75 Å². The molecule has 3 nitrogen and oxygen atoms in total. The number of nitrogen functional groups attached to an aromatic ring is 1. The summed E-state index contributed by atoms with van der Waals surface area (Å²) in [5.41, 5.74) is 8.15. The van der Waals surface area contributed by atoms with Crippen LogP contribution in [-0.4, -0.2) is 19.7 Å². The van der Waals surface area contributed by atoms with E-state index in [1.807, 2.05) is 6.07 Å². The van der Waals surface area contributed by atoms with E-state index in [4.69, 9.17) is 10.5 Å².